The van der Waals surface area contributed by atoms with Crippen LogP contribution < -0.4 is 0 Å². The Morgan fingerprint density at radius 1 is 0.646 bits per heavy atom. The van der Waals surface area contributed by atoms with E-state index in [1.165, 1.54) is 45.6 Å². The summed E-state index contributed by atoms with van der Waals surface area (Å²) in [6.45, 7) is 24.6. The molecule has 448 valence electrons. The molecule has 0 amide bonds. The Bertz CT molecular complexity index is 2250. The van der Waals surface area contributed by atoms with E-state index in [4.69, 9.17) is 37.9 Å². The first-order chi connectivity index (χ1) is 36.7. The van der Waals surface area contributed by atoms with Gasteiger partial charge in [0.25, 0.3) is 0 Å². The summed E-state index contributed by atoms with van der Waals surface area (Å²) < 4.78 is 42.6. The Labute approximate surface area is 468 Å². The molecule has 0 aromatic rings. The fourth-order valence-corrected chi connectivity index (χ4v) is 14.3. The number of hydrogen-bond donors (Lipinski definition) is 2. The van der Waals surface area contributed by atoms with E-state index in [2.05, 4.69) is 13.8 Å². The summed E-state index contributed by atoms with van der Waals surface area (Å²) in [6, 6.07) is 0. The Balaban J connectivity index is 0.000000174. The van der Waals surface area contributed by atoms with E-state index < -0.39 is 87.6 Å². The largest absolute Gasteiger partial charge is 0.469 e. The first-order valence-electron chi connectivity index (χ1n) is 29.6. The van der Waals surface area contributed by atoms with Gasteiger partial charge in [-0.15, -0.1) is 0 Å². The second kappa shape index (κ2) is 23.9. The Morgan fingerprint density at radius 2 is 1.18 bits per heavy atom. The third kappa shape index (κ3) is 13.5. The molecule has 18 nitrogen and oxygen atoms in total. The number of aliphatic hydroxyl groups is 2. The van der Waals surface area contributed by atoms with E-state index in [1.807, 2.05) is 62.3 Å². The van der Waals surface area contributed by atoms with Crippen LogP contribution in [0, 0.1) is 56.7 Å². The smallest absolute Gasteiger partial charge is 0.344 e. The van der Waals surface area contributed by atoms with Crippen LogP contribution >= 0.6 is 0 Å². The number of hydrogen-bond acceptors (Lipinski definition) is 18. The van der Waals surface area contributed by atoms with Crippen molar-refractivity contribution in [2.45, 2.75) is 259 Å². The van der Waals surface area contributed by atoms with E-state index in [0.29, 0.717) is 43.9 Å². The Hall–Kier alpha value is -4.32. The SMILES string of the molecule is CCC(C)(C)C(=O)OC1(CC)CCCC12CCCC2.CCC(C)(C)C(=O)OC12CC3CC(O)(CC(O)(C3)C1)C2.CCC(C)(C)C(=O)OC1COC(=O)C1.CCC(C)(C)C(=O)OCC(=O)OC1C2CC3C1OC(=O)C3C2C(=O)OC. The molecular weight excluding hydrogens is 1020 g/mol. The quantitative estimate of drug-likeness (QED) is 0.108. The molecule has 10 fully saturated rings. The van der Waals surface area contributed by atoms with Crippen molar-refractivity contribution in [2.75, 3.05) is 20.3 Å². The number of carbonyl (C=O) groups excluding carboxylic acids is 8. The second-order valence-electron chi connectivity index (χ2n) is 27.5. The minimum absolute atomic E-state index is 0.0185. The highest BCUT2D eigenvalue weighted by molar-refractivity contribution is 5.86. The summed E-state index contributed by atoms with van der Waals surface area (Å²) in [5.41, 5.74) is -4.20. The highest BCUT2D eigenvalue weighted by atomic mass is 16.6. The molecule has 0 aromatic heterocycles. The summed E-state index contributed by atoms with van der Waals surface area (Å²) in [4.78, 5) is 95.5. The lowest BCUT2D eigenvalue weighted by Crippen LogP contribution is -2.67. The Kier molecular flexibility index (Phi) is 19.3. The van der Waals surface area contributed by atoms with Crippen LogP contribution in [0.3, 0.4) is 0 Å². The summed E-state index contributed by atoms with van der Waals surface area (Å²) in [7, 11) is 1.27. The van der Waals surface area contributed by atoms with Gasteiger partial charge in [0.2, 0.25) is 0 Å². The zero-order valence-corrected chi connectivity index (χ0v) is 50.1. The number of carbonyl (C=O) groups is 8. The lowest BCUT2D eigenvalue weighted by Gasteiger charge is -2.62. The first-order valence-corrected chi connectivity index (χ1v) is 29.6. The highest BCUT2D eigenvalue weighted by Gasteiger charge is 2.70. The summed E-state index contributed by atoms with van der Waals surface area (Å²) in [6.07, 6.45) is 15.4. The standard InChI is InChI=1S/C18H24O8.C17H30O2.C16H26O4.C10H16O4/c1-5-18(2,3)17(22)24-7-10(19)25-13-8-6-9-12(11(8)15(20)23-4)16(21)26-14(9)13;1-5-15(3,4)14(18)19-17(6-2)13-9-12-16(17)10-7-8-11-16;1-4-13(2,3)12(17)20-16-7-11-5-14(18,9-16)8-15(19,6-11)10-16;1-4-10(2,3)9(12)14-7-5-8(11)13-6-7/h8-9,11-14H,5-7H2,1-4H3;5-13H2,1-4H3;11,18-19H,4-10H2,1-3H3;7H,4-6H2,1-3H3. The van der Waals surface area contributed by atoms with Gasteiger partial charge in [0.15, 0.2) is 6.61 Å². The second-order valence-corrected chi connectivity index (χ2v) is 27.5. The van der Waals surface area contributed by atoms with Crippen LogP contribution in [0.4, 0.5) is 0 Å². The van der Waals surface area contributed by atoms with Crippen LogP contribution in [-0.2, 0) is 76.3 Å². The van der Waals surface area contributed by atoms with Gasteiger partial charge >= 0.3 is 47.8 Å². The lowest BCUT2D eigenvalue weighted by atomic mass is 9.50. The van der Waals surface area contributed by atoms with Gasteiger partial charge in [0.1, 0.15) is 36.1 Å². The number of fused-ring (bicyclic) bond motifs is 1. The topological polar surface area (TPSA) is 251 Å². The van der Waals surface area contributed by atoms with E-state index in [-0.39, 0.29) is 71.8 Å². The van der Waals surface area contributed by atoms with E-state index in [1.54, 1.807) is 13.8 Å². The number of cyclic esters (lactones) is 1. The van der Waals surface area contributed by atoms with Crippen molar-refractivity contribution < 1.29 is 86.5 Å². The van der Waals surface area contributed by atoms with Gasteiger partial charge in [-0.2, -0.15) is 0 Å². The van der Waals surface area contributed by atoms with Gasteiger partial charge < -0.3 is 48.1 Å². The maximum atomic E-state index is 12.5. The van der Waals surface area contributed by atoms with Gasteiger partial charge in [-0.3, -0.25) is 33.6 Å². The molecule has 79 heavy (non-hydrogen) atoms. The monoisotopic (exact) mass is 1120 g/mol. The van der Waals surface area contributed by atoms with Crippen LogP contribution in [0.25, 0.3) is 0 Å². The number of rotatable bonds is 16. The average Bonchev–Trinajstić information content (AvgIpc) is 4.46. The molecule has 2 saturated heterocycles. The zero-order valence-electron chi connectivity index (χ0n) is 50.1. The van der Waals surface area contributed by atoms with Crippen molar-refractivity contribution in [3.05, 3.63) is 0 Å². The molecule has 0 radical (unpaired) electrons. The lowest BCUT2D eigenvalue weighted by molar-refractivity contribution is -0.264. The van der Waals surface area contributed by atoms with Gasteiger partial charge in [-0.25, -0.2) is 4.79 Å². The van der Waals surface area contributed by atoms with E-state index >= 15 is 0 Å². The molecule has 2 aliphatic heterocycles. The van der Waals surface area contributed by atoms with Crippen molar-refractivity contribution in [1.29, 1.82) is 0 Å². The minimum Gasteiger partial charge on any atom is -0.469 e. The molecule has 10 rings (SSSR count). The van der Waals surface area contributed by atoms with E-state index in [0.717, 1.165) is 44.9 Å². The summed E-state index contributed by atoms with van der Waals surface area (Å²) >= 11 is 0. The molecule has 10 unspecified atom stereocenters. The fraction of sp³-hybridized carbons (Fsp3) is 0.869. The normalized spacial score (nSPS) is 34.2. The van der Waals surface area contributed by atoms with Crippen LogP contribution in [0.2, 0.25) is 0 Å². The van der Waals surface area contributed by atoms with Crippen LogP contribution in [0.1, 0.15) is 218 Å². The van der Waals surface area contributed by atoms with Crippen LogP contribution in [0.5, 0.6) is 0 Å². The average molecular weight is 1120 g/mol. The van der Waals surface area contributed by atoms with Crippen LogP contribution in [-0.4, -0.2) is 119 Å². The molecule has 10 atom stereocenters. The maximum absolute atomic E-state index is 12.5. The van der Waals surface area contributed by atoms with Gasteiger partial charge in [-0.05, 0) is 151 Å². The fourth-order valence-electron chi connectivity index (χ4n) is 14.3. The molecule has 0 aromatic carbocycles. The number of ether oxygens (including phenoxy) is 8. The molecular formula is C61H96O18. The van der Waals surface area contributed by atoms with Crippen molar-refractivity contribution in [3.63, 3.8) is 0 Å². The molecule has 18 heteroatoms. The third-order valence-corrected chi connectivity index (χ3v) is 20.3. The molecule has 2 N–H and O–H groups in total. The third-order valence-electron chi connectivity index (χ3n) is 20.3. The molecule has 8 saturated carbocycles. The van der Waals surface area contributed by atoms with Crippen molar-refractivity contribution in [3.8, 4) is 0 Å². The molecule has 8 aliphatic carbocycles. The molecule has 10 aliphatic rings. The minimum atomic E-state index is -0.842. The maximum Gasteiger partial charge on any atom is 0.344 e. The predicted molar refractivity (Wildman–Crippen MR) is 287 cm³/mol. The predicted octanol–water partition coefficient (Wildman–Crippen LogP) is 9.16. The summed E-state index contributed by atoms with van der Waals surface area (Å²) in [5, 5.41) is 21.3. The zero-order chi connectivity index (χ0) is 59.0. The molecule has 6 bridgehead atoms. The Morgan fingerprint density at radius 3 is 1.68 bits per heavy atom. The van der Waals surface area contributed by atoms with Crippen LogP contribution in [0.15, 0.2) is 0 Å². The number of methoxy groups -OCH3 is 1. The van der Waals surface area contributed by atoms with Gasteiger partial charge in [0.05, 0.1) is 58.2 Å². The van der Waals surface area contributed by atoms with E-state index in [9.17, 15) is 48.6 Å². The summed E-state index contributed by atoms with van der Waals surface area (Å²) in [5.74, 6) is -4.22. The van der Waals surface area contributed by atoms with Gasteiger partial charge in [-0.1, -0.05) is 47.5 Å². The van der Waals surface area contributed by atoms with Crippen molar-refractivity contribution in [2.24, 2.45) is 56.7 Å². The first kappa shape index (κ1) is 63.9. The highest BCUT2D eigenvalue weighted by Crippen LogP contribution is 2.62. The van der Waals surface area contributed by atoms with Crippen molar-refractivity contribution in [1.82, 2.24) is 0 Å². The van der Waals surface area contributed by atoms with Gasteiger partial charge in [0, 0.05) is 36.5 Å². The molecule has 2 heterocycles. The number of esters is 8. The van der Waals surface area contributed by atoms with Crippen molar-refractivity contribution >= 4 is 47.8 Å². The molecule has 1 spiro atoms.